The third kappa shape index (κ3) is 1.77. The van der Waals surface area contributed by atoms with Gasteiger partial charge in [0.2, 0.25) is 0 Å². The Morgan fingerprint density at radius 2 is 2.38 bits per heavy atom. The largest absolute Gasteiger partial charge is 0.0872 e. The van der Waals surface area contributed by atoms with Gasteiger partial charge >= 0.3 is 0 Å². The van der Waals surface area contributed by atoms with Crippen molar-refractivity contribution in [2.75, 3.05) is 0 Å². The van der Waals surface area contributed by atoms with Crippen LogP contribution in [0, 0.1) is 5.92 Å². The molecule has 0 bridgehead atoms. The molecule has 0 saturated carbocycles. The fourth-order valence-electron chi connectivity index (χ4n) is 1.02. The summed E-state index contributed by atoms with van der Waals surface area (Å²) >= 11 is 2.49. The van der Waals surface area contributed by atoms with Crippen LogP contribution in [0.5, 0.6) is 0 Å². The maximum Gasteiger partial charge on any atom is 0.0292 e. The molecule has 0 aromatic rings. The van der Waals surface area contributed by atoms with Crippen LogP contribution < -0.4 is 0 Å². The van der Waals surface area contributed by atoms with E-state index in [2.05, 4.69) is 41.7 Å². The van der Waals surface area contributed by atoms with Crippen molar-refractivity contribution in [3.05, 3.63) is 12.2 Å². The number of halogens is 1. The second-order valence-electron chi connectivity index (χ2n) is 2.52. The smallest absolute Gasteiger partial charge is 0.0292 e. The van der Waals surface area contributed by atoms with E-state index < -0.39 is 0 Å². The average molecular weight is 222 g/mol. The SMILES string of the molecule is C[C@H]1CC=C[C@@H](I)C1. The molecule has 0 unspecified atom stereocenters. The molecule has 0 radical (unpaired) electrons. The minimum atomic E-state index is 0.802. The normalized spacial score (nSPS) is 37.8. The van der Waals surface area contributed by atoms with Crippen LogP contribution in [-0.4, -0.2) is 3.92 Å². The van der Waals surface area contributed by atoms with Gasteiger partial charge in [-0.3, -0.25) is 0 Å². The molecule has 46 valence electrons. The van der Waals surface area contributed by atoms with Gasteiger partial charge in [0.15, 0.2) is 0 Å². The van der Waals surface area contributed by atoms with Crippen LogP contribution in [0.4, 0.5) is 0 Å². The lowest BCUT2D eigenvalue weighted by Crippen LogP contribution is -2.06. The molecular formula is C7H11I. The molecule has 0 saturated heterocycles. The first-order valence-corrected chi connectivity index (χ1v) is 4.34. The highest BCUT2D eigenvalue weighted by Crippen LogP contribution is 2.22. The van der Waals surface area contributed by atoms with E-state index in [4.69, 9.17) is 0 Å². The van der Waals surface area contributed by atoms with Crippen molar-refractivity contribution in [1.82, 2.24) is 0 Å². The highest BCUT2D eigenvalue weighted by molar-refractivity contribution is 14.1. The van der Waals surface area contributed by atoms with Crippen molar-refractivity contribution in [2.45, 2.75) is 23.7 Å². The standard InChI is InChI=1S/C7H11I/c1-6-3-2-4-7(8)5-6/h2,4,6-7H,3,5H2,1H3/t6-,7+/m0/s1. The fourth-order valence-corrected chi connectivity index (χ4v) is 2.18. The summed E-state index contributed by atoms with van der Waals surface area (Å²) < 4.78 is 0.802. The number of hydrogen-bond donors (Lipinski definition) is 0. The van der Waals surface area contributed by atoms with Crippen LogP contribution in [0.15, 0.2) is 12.2 Å². The Morgan fingerprint density at radius 1 is 1.62 bits per heavy atom. The van der Waals surface area contributed by atoms with Gasteiger partial charge in [-0.2, -0.15) is 0 Å². The summed E-state index contributed by atoms with van der Waals surface area (Å²) in [6.45, 7) is 2.31. The Kier molecular flexibility index (Phi) is 2.35. The lowest BCUT2D eigenvalue weighted by Gasteiger charge is -2.15. The first kappa shape index (κ1) is 6.59. The Bertz CT molecular complexity index is 96.6. The Morgan fingerprint density at radius 3 is 2.75 bits per heavy atom. The van der Waals surface area contributed by atoms with Gasteiger partial charge in [-0.1, -0.05) is 41.7 Å². The van der Waals surface area contributed by atoms with E-state index in [9.17, 15) is 0 Å². The molecule has 0 aromatic heterocycles. The summed E-state index contributed by atoms with van der Waals surface area (Å²) in [5.74, 6) is 0.918. The van der Waals surface area contributed by atoms with E-state index in [1.54, 1.807) is 0 Å². The zero-order valence-electron chi connectivity index (χ0n) is 5.10. The Balaban J connectivity index is 2.42. The topological polar surface area (TPSA) is 0 Å². The van der Waals surface area contributed by atoms with Gasteiger partial charge in [-0.15, -0.1) is 0 Å². The third-order valence-electron chi connectivity index (χ3n) is 1.51. The van der Waals surface area contributed by atoms with Gasteiger partial charge in [0.25, 0.3) is 0 Å². The highest BCUT2D eigenvalue weighted by Gasteiger charge is 2.09. The van der Waals surface area contributed by atoms with Gasteiger partial charge in [0.05, 0.1) is 0 Å². The zero-order valence-corrected chi connectivity index (χ0v) is 7.26. The molecule has 1 aliphatic carbocycles. The van der Waals surface area contributed by atoms with Crippen LogP contribution in [0.2, 0.25) is 0 Å². The third-order valence-corrected chi connectivity index (χ3v) is 2.43. The maximum atomic E-state index is 2.49. The van der Waals surface area contributed by atoms with Gasteiger partial charge in [0.1, 0.15) is 0 Å². The molecule has 0 amide bonds. The van der Waals surface area contributed by atoms with Gasteiger partial charge in [0, 0.05) is 3.92 Å². The number of hydrogen-bond acceptors (Lipinski definition) is 0. The minimum absolute atomic E-state index is 0.802. The summed E-state index contributed by atoms with van der Waals surface area (Å²) in [5.41, 5.74) is 0. The van der Waals surface area contributed by atoms with Crippen LogP contribution in [-0.2, 0) is 0 Å². The minimum Gasteiger partial charge on any atom is -0.0872 e. The molecule has 0 nitrogen and oxygen atoms in total. The quantitative estimate of drug-likeness (QED) is 0.336. The molecule has 0 heterocycles. The molecule has 0 spiro atoms. The van der Waals surface area contributed by atoms with Gasteiger partial charge in [-0.05, 0) is 18.8 Å². The summed E-state index contributed by atoms with van der Waals surface area (Å²) in [5, 5.41) is 0. The first-order valence-electron chi connectivity index (χ1n) is 3.10. The molecule has 0 N–H and O–H groups in total. The number of rotatable bonds is 0. The van der Waals surface area contributed by atoms with E-state index in [1.165, 1.54) is 12.8 Å². The highest BCUT2D eigenvalue weighted by atomic mass is 127. The Hall–Kier alpha value is 0.470. The van der Waals surface area contributed by atoms with Crippen LogP contribution in [0.3, 0.4) is 0 Å². The molecule has 1 heteroatoms. The number of allylic oxidation sites excluding steroid dienone is 2. The van der Waals surface area contributed by atoms with E-state index >= 15 is 0 Å². The van der Waals surface area contributed by atoms with Crippen molar-refractivity contribution in [3.63, 3.8) is 0 Å². The average Bonchev–Trinajstić information content (AvgIpc) is 1.64. The second-order valence-corrected chi connectivity index (χ2v) is 4.12. The van der Waals surface area contributed by atoms with E-state index in [-0.39, 0.29) is 0 Å². The molecular weight excluding hydrogens is 211 g/mol. The maximum absolute atomic E-state index is 2.49. The van der Waals surface area contributed by atoms with Gasteiger partial charge < -0.3 is 0 Å². The van der Waals surface area contributed by atoms with E-state index in [0.29, 0.717) is 0 Å². The molecule has 8 heavy (non-hydrogen) atoms. The zero-order chi connectivity index (χ0) is 5.98. The molecule has 0 aromatic carbocycles. The summed E-state index contributed by atoms with van der Waals surface area (Å²) in [6.07, 6.45) is 7.27. The Labute approximate surface area is 64.5 Å². The van der Waals surface area contributed by atoms with Crippen molar-refractivity contribution in [1.29, 1.82) is 0 Å². The lowest BCUT2D eigenvalue weighted by atomic mass is 9.97. The first-order chi connectivity index (χ1) is 3.79. The van der Waals surface area contributed by atoms with Crippen LogP contribution in [0.1, 0.15) is 19.8 Å². The molecule has 0 fully saturated rings. The predicted molar refractivity (Wildman–Crippen MR) is 45.3 cm³/mol. The monoisotopic (exact) mass is 222 g/mol. The molecule has 1 rings (SSSR count). The van der Waals surface area contributed by atoms with E-state index in [0.717, 1.165) is 9.84 Å². The van der Waals surface area contributed by atoms with Gasteiger partial charge in [-0.25, -0.2) is 0 Å². The summed E-state index contributed by atoms with van der Waals surface area (Å²) in [7, 11) is 0. The predicted octanol–water partition coefficient (Wildman–Crippen LogP) is 2.78. The summed E-state index contributed by atoms with van der Waals surface area (Å²) in [4.78, 5) is 0. The number of alkyl halides is 1. The molecule has 0 aliphatic heterocycles. The molecule has 2 atom stereocenters. The van der Waals surface area contributed by atoms with Crippen molar-refractivity contribution in [3.8, 4) is 0 Å². The van der Waals surface area contributed by atoms with Crippen LogP contribution >= 0.6 is 22.6 Å². The lowest BCUT2D eigenvalue weighted by molar-refractivity contribution is 0.540. The van der Waals surface area contributed by atoms with Crippen LogP contribution in [0.25, 0.3) is 0 Å². The van der Waals surface area contributed by atoms with Crippen molar-refractivity contribution < 1.29 is 0 Å². The van der Waals surface area contributed by atoms with Crippen molar-refractivity contribution >= 4 is 22.6 Å². The molecule has 1 aliphatic rings. The fraction of sp³-hybridized carbons (Fsp3) is 0.714. The summed E-state index contributed by atoms with van der Waals surface area (Å²) in [6, 6.07) is 0. The van der Waals surface area contributed by atoms with E-state index in [1.807, 2.05) is 0 Å². The second kappa shape index (κ2) is 2.85. The van der Waals surface area contributed by atoms with Crippen molar-refractivity contribution in [2.24, 2.45) is 5.92 Å².